The number of nitrogens with zero attached hydrogens (tertiary/aromatic N) is 2. The summed E-state index contributed by atoms with van der Waals surface area (Å²) in [6, 6.07) is 12.7. The number of carbonyl (C=O) groups excluding carboxylic acids is 1. The van der Waals surface area contributed by atoms with Crippen molar-refractivity contribution in [2.24, 2.45) is 0 Å². The van der Waals surface area contributed by atoms with Gasteiger partial charge in [-0.3, -0.25) is 4.79 Å². The Balaban J connectivity index is 1.34. The number of carbonyl (C=O) groups is 3. The molecule has 1 saturated carbocycles. The summed E-state index contributed by atoms with van der Waals surface area (Å²) in [5, 5.41) is 21.7. The molecule has 2 aromatic heterocycles. The summed E-state index contributed by atoms with van der Waals surface area (Å²) in [5.41, 5.74) is 2.00. The SMILES string of the molecule is CC(C)(Oc1ccc(C[C@H](NC(=O)c2ccc3c(c2)nc(-c2ccoc2)n3C2CCCCC2)C(=O)O)cc1)C(=O)O. The Labute approximate surface area is 237 Å². The van der Waals surface area contributed by atoms with Crippen molar-refractivity contribution in [1.82, 2.24) is 14.9 Å². The van der Waals surface area contributed by atoms with Gasteiger partial charge < -0.3 is 29.3 Å². The van der Waals surface area contributed by atoms with Gasteiger partial charge in [0.2, 0.25) is 0 Å². The van der Waals surface area contributed by atoms with Crippen molar-refractivity contribution in [3.63, 3.8) is 0 Å². The lowest BCUT2D eigenvalue weighted by Crippen LogP contribution is -2.42. The molecular weight excluding hydrogens is 526 g/mol. The highest BCUT2D eigenvalue weighted by atomic mass is 16.5. The number of furan rings is 1. The fourth-order valence-electron chi connectivity index (χ4n) is 5.25. The highest BCUT2D eigenvalue weighted by Gasteiger charge is 2.29. The van der Waals surface area contributed by atoms with E-state index in [1.807, 2.05) is 12.1 Å². The largest absolute Gasteiger partial charge is 0.480 e. The predicted molar refractivity (Wildman–Crippen MR) is 151 cm³/mol. The molecular formula is C31H33N3O7. The molecule has 0 unspecified atom stereocenters. The highest BCUT2D eigenvalue weighted by molar-refractivity contribution is 5.99. The van der Waals surface area contributed by atoms with Gasteiger partial charge in [0.25, 0.3) is 5.91 Å². The van der Waals surface area contributed by atoms with Crippen LogP contribution in [-0.2, 0) is 16.0 Å². The Morgan fingerprint density at radius 2 is 1.80 bits per heavy atom. The molecule has 214 valence electrons. The average molecular weight is 560 g/mol. The summed E-state index contributed by atoms with van der Waals surface area (Å²) in [4.78, 5) is 41.4. The molecule has 1 amide bonds. The Morgan fingerprint density at radius 3 is 2.44 bits per heavy atom. The molecule has 0 bridgehead atoms. The van der Waals surface area contributed by atoms with Crippen molar-refractivity contribution in [2.75, 3.05) is 0 Å². The number of rotatable bonds is 10. The zero-order chi connectivity index (χ0) is 29.1. The monoisotopic (exact) mass is 559 g/mol. The van der Waals surface area contributed by atoms with Crippen LogP contribution in [0.25, 0.3) is 22.4 Å². The molecule has 1 fully saturated rings. The Bertz CT molecular complexity index is 1550. The number of carboxylic acid groups (broad SMARTS) is 2. The quantitative estimate of drug-likeness (QED) is 0.232. The summed E-state index contributed by atoms with van der Waals surface area (Å²) in [7, 11) is 0. The standard InChI is InChI=1S/C31H33N3O7/c1-31(2,30(38)39)41-23-11-8-19(9-12-23)16-25(29(36)37)33-28(35)20-10-13-26-24(17-20)32-27(21-14-15-40-18-21)34(26)22-6-4-3-5-7-22/h8-15,17-18,22,25H,3-7,16H2,1-2H3,(H,33,35)(H,36,37)(H,38,39)/t25-/m0/s1. The van der Waals surface area contributed by atoms with Crippen molar-refractivity contribution < 1.29 is 33.8 Å². The van der Waals surface area contributed by atoms with Gasteiger partial charge in [0.15, 0.2) is 5.60 Å². The van der Waals surface area contributed by atoms with Crippen LogP contribution in [0.5, 0.6) is 5.75 Å². The number of imidazole rings is 1. The van der Waals surface area contributed by atoms with Gasteiger partial charge in [0.1, 0.15) is 23.9 Å². The fourth-order valence-corrected chi connectivity index (χ4v) is 5.25. The summed E-state index contributed by atoms with van der Waals surface area (Å²) in [6.07, 6.45) is 8.96. The topological polar surface area (TPSA) is 144 Å². The smallest absolute Gasteiger partial charge is 0.347 e. The van der Waals surface area contributed by atoms with Crippen LogP contribution in [-0.4, -0.2) is 49.3 Å². The number of fused-ring (bicyclic) bond motifs is 1. The van der Waals surface area contributed by atoms with E-state index in [-0.39, 0.29) is 6.42 Å². The highest BCUT2D eigenvalue weighted by Crippen LogP contribution is 2.36. The third kappa shape index (κ3) is 6.11. The van der Waals surface area contributed by atoms with Gasteiger partial charge in [-0.1, -0.05) is 31.4 Å². The number of ether oxygens (including phenoxy) is 1. The average Bonchev–Trinajstić information content (AvgIpc) is 3.61. The summed E-state index contributed by atoms with van der Waals surface area (Å²) in [6.45, 7) is 2.88. The van der Waals surface area contributed by atoms with Gasteiger partial charge in [-0.25, -0.2) is 14.6 Å². The molecule has 1 atom stereocenters. The van der Waals surface area contributed by atoms with E-state index in [1.54, 1.807) is 48.9 Å². The first-order chi connectivity index (χ1) is 19.6. The molecule has 10 heteroatoms. The van der Waals surface area contributed by atoms with Crippen LogP contribution >= 0.6 is 0 Å². The van der Waals surface area contributed by atoms with Gasteiger partial charge in [-0.05, 0) is 68.7 Å². The summed E-state index contributed by atoms with van der Waals surface area (Å²) < 4.78 is 13.1. The lowest BCUT2D eigenvalue weighted by atomic mass is 9.95. The van der Waals surface area contributed by atoms with Crippen LogP contribution in [0.15, 0.2) is 65.5 Å². The first kappa shape index (κ1) is 27.9. The third-order valence-corrected chi connectivity index (χ3v) is 7.53. The van der Waals surface area contributed by atoms with Gasteiger partial charge in [0.05, 0.1) is 22.9 Å². The number of carboxylic acids is 2. The minimum absolute atomic E-state index is 0.0346. The van der Waals surface area contributed by atoms with Gasteiger partial charge in [0, 0.05) is 18.0 Å². The minimum Gasteiger partial charge on any atom is -0.480 e. The van der Waals surface area contributed by atoms with E-state index in [2.05, 4.69) is 9.88 Å². The molecule has 1 aliphatic carbocycles. The lowest BCUT2D eigenvalue weighted by Gasteiger charge is -2.25. The van der Waals surface area contributed by atoms with Crippen molar-refractivity contribution in [3.8, 4) is 17.1 Å². The van der Waals surface area contributed by atoms with E-state index in [4.69, 9.17) is 14.1 Å². The second-order valence-corrected chi connectivity index (χ2v) is 10.9. The van der Waals surface area contributed by atoms with Crippen molar-refractivity contribution >= 4 is 28.9 Å². The van der Waals surface area contributed by atoms with E-state index in [1.165, 1.54) is 20.3 Å². The normalized spacial score (nSPS) is 15.0. The van der Waals surface area contributed by atoms with Crippen molar-refractivity contribution in [2.45, 2.75) is 70.1 Å². The first-order valence-corrected chi connectivity index (χ1v) is 13.7. The number of aromatic nitrogens is 2. The number of aliphatic carboxylic acids is 2. The summed E-state index contributed by atoms with van der Waals surface area (Å²) >= 11 is 0. The minimum atomic E-state index is -1.41. The molecule has 2 aromatic carbocycles. The number of hydrogen-bond donors (Lipinski definition) is 3. The van der Waals surface area contributed by atoms with Crippen LogP contribution < -0.4 is 10.1 Å². The second kappa shape index (κ2) is 11.5. The van der Waals surface area contributed by atoms with Crippen molar-refractivity contribution in [3.05, 3.63) is 72.2 Å². The molecule has 0 aliphatic heterocycles. The summed E-state index contributed by atoms with van der Waals surface area (Å²) in [5.74, 6) is -1.66. The number of hydrogen-bond acceptors (Lipinski definition) is 6. The first-order valence-electron chi connectivity index (χ1n) is 13.7. The number of benzene rings is 2. The third-order valence-electron chi connectivity index (χ3n) is 7.53. The molecule has 10 nitrogen and oxygen atoms in total. The zero-order valence-electron chi connectivity index (χ0n) is 23.0. The molecule has 0 spiro atoms. The molecule has 1 aliphatic rings. The lowest BCUT2D eigenvalue weighted by molar-refractivity contribution is -0.152. The van der Waals surface area contributed by atoms with E-state index in [0.29, 0.717) is 28.4 Å². The van der Waals surface area contributed by atoms with Gasteiger partial charge in [-0.15, -0.1) is 0 Å². The Kier molecular flexibility index (Phi) is 7.83. The van der Waals surface area contributed by atoms with Gasteiger partial charge in [-0.2, -0.15) is 0 Å². The van der Waals surface area contributed by atoms with E-state index < -0.39 is 29.5 Å². The van der Waals surface area contributed by atoms with Crippen LogP contribution in [0.3, 0.4) is 0 Å². The van der Waals surface area contributed by atoms with Crippen LogP contribution in [0.2, 0.25) is 0 Å². The second-order valence-electron chi connectivity index (χ2n) is 10.9. The Hall–Kier alpha value is -4.60. The van der Waals surface area contributed by atoms with E-state index >= 15 is 0 Å². The molecule has 41 heavy (non-hydrogen) atoms. The molecule has 4 aromatic rings. The fraction of sp³-hybridized carbons (Fsp3) is 0.355. The molecule has 0 saturated heterocycles. The molecule has 5 rings (SSSR count). The van der Waals surface area contributed by atoms with E-state index in [0.717, 1.165) is 42.6 Å². The predicted octanol–water partition coefficient (Wildman–Crippen LogP) is 5.47. The van der Waals surface area contributed by atoms with E-state index in [9.17, 15) is 24.6 Å². The Morgan fingerprint density at radius 1 is 1.07 bits per heavy atom. The maximum atomic E-state index is 13.2. The van der Waals surface area contributed by atoms with Crippen LogP contribution in [0, 0.1) is 0 Å². The van der Waals surface area contributed by atoms with Crippen LogP contribution in [0.1, 0.15) is 67.9 Å². The maximum absolute atomic E-state index is 13.2. The van der Waals surface area contributed by atoms with Gasteiger partial charge >= 0.3 is 11.9 Å². The zero-order valence-corrected chi connectivity index (χ0v) is 23.0. The molecule has 0 radical (unpaired) electrons. The number of nitrogens with one attached hydrogen (secondary N) is 1. The molecule has 2 heterocycles. The maximum Gasteiger partial charge on any atom is 0.347 e. The van der Waals surface area contributed by atoms with Crippen LogP contribution in [0.4, 0.5) is 0 Å². The van der Waals surface area contributed by atoms with Crippen molar-refractivity contribution in [1.29, 1.82) is 0 Å². The number of amides is 1. The molecule has 3 N–H and O–H groups in total.